The van der Waals surface area contributed by atoms with Gasteiger partial charge in [-0.25, -0.2) is 0 Å². The first-order chi connectivity index (χ1) is 16.9. The van der Waals surface area contributed by atoms with E-state index in [0.717, 1.165) is 0 Å². The largest absolute Gasteiger partial charge is 0.510 e. The van der Waals surface area contributed by atoms with Crippen LogP contribution in [0.15, 0.2) is 40.0 Å². The molecule has 5 N–H and O–H groups in total. The monoisotopic (exact) mass is 500 g/mol. The van der Waals surface area contributed by atoms with Crippen molar-refractivity contribution < 1.29 is 34.5 Å². The highest BCUT2D eigenvalue weighted by molar-refractivity contribution is 6.25. The fraction of sp³-hybridized carbons (Fsp3) is 0.458. The number of carbonyl (C=O) groups excluding carboxylic acids is 3. The second kappa shape index (κ2) is 8.80. The Morgan fingerprint density at radius 3 is 2.44 bits per heavy atom. The maximum atomic E-state index is 13.7. The Balaban J connectivity index is 1.97. The third-order valence-corrected chi connectivity index (χ3v) is 7.55. The Hall–Kier alpha value is -3.61. The molecule has 0 aliphatic heterocycles. The van der Waals surface area contributed by atoms with Gasteiger partial charge in [-0.1, -0.05) is 6.07 Å². The number of primary amides is 1. The minimum atomic E-state index is -2.53. The molecule has 0 radical (unpaired) electrons. The number of nitrogens with two attached hydrogens (primary N) is 1. The molecule has 1 aromatic carbocycles. The number of hydrogen-bond donors (Lipinski definition) is 4. The molecule has 0 heterocycles. The first-order valence-electron chi connectivity index (χ1n) is 11.3. The third-order valence-electron chi connectivity index (χ3n) is 7.55. The number of amides is 1. The number of aliphatic hydroxyl groups excluding tert-OH is 2. The van der Waals surface area contributed by atoms with Gasteiger partial charge in [0.2, 0.25) is 11.3 Å². The van der Waals surface area contributed by atoms with E-state index in [4.69, 9.17) is 10.6 Å². The van der Waals surface area contributed by atoms with Crippen LogP contribution in [0.3, 0.4) is 0 Å². The van der Waals surface area contributed by atoms with Crippen molar-refractivity contribution >= 4 is 17.5 Å². The Labute approximate surface area is 206 Å². The molecule has 3 unspecified atom stereocenters. The lowest BCUT2D eigenvalue weighted by Gasteiger charge is -2.49. The van der Waals surface area contributed by atoms with Gasteiger partial charge < -0.3 is 25.9 Å². The molecule has 3 aliphatic carbocycles. The summed E-state index contributed by atoms with van der Waals surface area (Å²) < 4.78 is 0. The molecule has 0 saturated carbocycles. The highest BCUT2D eigenvalue weighted by Crippen LogP contribution is 2.54. The number of benzene rings is 1. The average molecular weight is 501 g/mol. The van der Waals surface area contributed by atoms with Crippen LogP contribution >= 0.6 is 0 Å². The zero-order valence-corrected chi connectivity index (χ0v) is 20.3. The maximum Gasteiger partial charge on any atom is 0.255 e. The number of phenols is 1. The SMILES string of the molecule is CON(C)Cc1ccc(O)c2c1CC1CC3[C@H](N(C)C)C(O)=C(C(N)=O)C(=O)C3(N=O)C(O)=C1C2=O. The number of phenolic OH excluding ortho intramolecular Hbond substituents is 1. The van der Waals surface area contributed by atoms with E-state index in [1.807, 2.05) is 0 Å². The minimum absolute atomic E-state index is 0.0101. The lowest BCUT2D eigenvalue weighted by Crippen LogP contribution is -2.62. The summed E-state index contributed by atoms with van der Waals surface area (Å²) >= 11 is 0. The molecule has 1 amide bonds. The molecule has 3 aliphatic rings. The summed E-state index contributed by atoms with van der Waals surface area (Å²) in [4.78, 5) is 58.3. The lowest BCUT2D eigenvalue weighted by molar-refractivity contribution is -0.129. The number of hydroxylamine groups is 2. The number of likely N-dealkylation sites (N-methyl/N-ethyl adjacent to an activating group) is 1. The van der Waals surface area contributed by atoms with E-state index < -0.39 is 58.0 Å². The van der Waals surface area contributed by atoms with Crippen molar-refractivity contribution in [1.82, 2.24) is 9.96 Å². The molecule has 0 saturated heterocycles. The molecule has 0 bridgehead atoms. The summed E-state index contributed by atoms with van der Waals surface area (Å²) in [5.41, 5.74) is 2.98. The van der Waals surface area contributed by atoms with Gasteiger partial charge >= 0.3 is 0 Å². The van der Waals surface area contributed by atoms with Crippen molar-refractivity contribution in [2.75, 3.05) is 28.3 Å². The van der Waals surface area contributed by atoms with Gasteiger partial charge in [0.15, 0.2) is 5.78 Å². The van der Waals surface area contributed by atoms with Crippen LogP contribution in [0.25, 0.3) is 0 Å². The molecule has 36 heavy (non-hydrogen) atoms. The zero-order chi connectivity index (χ0) is 26.7. The van der Waals surface area contributed by atoms with Crippen molar-refractivity contribution in [3.63, 3.8) is 0 Å². The van der Waals surface area contributed by atoms with E-state index in [9.17, 15) is 34.6 Å². The van der Waals surface area contributed by atoms with E-state index >= 15 is 0 Å². The van der Waals surface area contributed by atoms with Crippen LogP contribution in [-0.4, -0.2) is 82.6 Å². The number of rotatable bonds is 6. The summed E-state index contributed by atoms with van der Waals surface area (Å²) in [5, 5.41) is 37.4. The number of Topliss-reactive ketones (excluding diaryl/α,β-unsaturated/α-hetero) is 2. The predicted octanol–water partition coefficient (Wildman–Crippen LogP) is 0.888. The number of nitrogens with zero attached hydrogens (tertiary/aromatic N) is 3. The summed E-state index contributed by atoms with van der Waals surface area (Å²) in [5.74, 6) is -6.83. The van der Waals surface area contributed by atoms with Crippen molar-refractivity contribution in [1.29, 1.82) is 0 Å². The van der Waals surface area contributed by atoms with Crippen LogP contribution in [0.4, 0.5) is 0 Å². The van der Waals surface area contributed by atoms with Gasteiger partial charge in [-0.05, 0) is 55.2 Å². The number of fused-ring (bicyclic) bond motifs is 3. The highest BCUT2D eigenvalue weighted by Gasteiger charge is 2.65. The predicted molar refractivity (Wildman–Crippen MR) is 126 cm³/mol. The standard InChI is InChI=1S/C24H28N4O8/c1-27(2)18-13-8-11-7-12-10(9-28(3)36-4)5-6-14(29)16(12)19(30)15(11)21(32)24(13,26-35)22(33)17(20(18)31)23(25)34/h5-6,11,13,18,29,31-32H,7-9H2,1-4H3,(H2,25,34)/t11?,13?,18-,24?/m0/s1. The molecular formula is C24H28N4O8. The second-order valence-electron chi connectivity index (χ2n) is 9.62. The summed E-state index contributed by atoms with van der Waals surface area (Å²) in [6.07, 6.45) is 0.213. The quantitative estimate of drug-likeness (QED) is 0.248. The normalized spacial score (nSPS) is 27.8. The second-order valence-corrected chi connectivity index (χ2v) is 9.62. The molecular weight excluding hydrogens is 472 g/mol. The number of ketones is 2. The number of nitroso groups, excluding NO2 is 1. The number of allylic oxidation sites excluding steroid dienone is 1. The van der Waals surface area contributed by atoms with Crippen molar-refractivity contribution in [3.8, 4) is 5.75 Å². The molecule has 0 spiro atoms. The molecule has 12 nitrogen and oxygen atoms in total. The van der Waals surface area contributed by atoms with Gasteiger partial charge in [0.1, 0.15) is 22.8 Å². The van der Waals surface area contributed by atoms with Crippen LogP contribution in [0, 0.1) is 16.7 Å². The van der Waals surface area contributed by atoms with Crippen molar-refractivity contribution in [3.05, 3.63) is 56.4 Å². The van der Waals surface area contributed by atoms with E-state index in [0.29, 0.717) is 17.7 Å². The van der Waals surface area contributed by atoms with E-state index in [2.05, 4.69) is 5.18 Å². The molecule has 0 fully saturated rings. The van der Waals surface area contributed by atoms with Gasteiger partial charge in [0, 0.05) is 25.1 Å². The molecule has 4 atom stereocenters. The Kier molecular flexibility index (Phi) is 6.23. The van der Waals surface area contributed by atoms with Gasteiger partial charge in [0.05, 0.1) is 18.7 Å². The Morgan fingerprint density at radius 1 is 1.22 bits per heavy atom. The summed E-state index contributed by atoms with van der Waals surface area (Å²) in [6, 6.07) is 1.96. The highest BCUT2D eigenvalue weighted by atomic mass is 16.7. The van der Waals surface area contributed by atoms with E-state index in [1.54, 1.807) is 27.2 Å². The third kappa shape index (κ3) is 3.36. The molecule has 192 valence electrons. The smallest absolute Gasteiger partial charge is 0.255 e. The number of aromatic hydroxyl groups is 1. The first-order valence-corrected chi connectivity index (χ1v) is 11.3. The number of hydrogen-bond acceptors (Lipinski definition) is 11. The topological polar surface area (TPSA) is 183 Å². The number of aliphatic hydroxyl groups is 2. The minimum Gasteiger partial charge on any atom is -0.510 e. The summed E-state index contributed by atoms with van der Waals surface area (Å²) in [7, 11) is 6.33. The van der Waals surface area contributed by atoms with Crippen LogP contribution < -0.4 is 5.73 Å². The van der Waals surface area contributed by atoms with E-state index in [-0.39, 0.29) is 29.7 Å². The molecule has 4 rings (SSSR count). The van der Waals surface area contributed by atoms with Crippen LogP contribution in [0.1, 0.15) is 27.9 Å². The molecule has 1 aromatic rings. The van der Waals surface area contributed by atoms with Gasteiger partial charge in [-0.15, -0.1) is 4.91 Å². The van der Waals surface area contributed by atoms with Crippen molar-refractivity contribution in [2.24, 2.45) is 22.7 Å². The van der Waals surface area contributed by atoms with Gasteiger partial charge in [-0.3, -0.25) is 19.3 Å². The van der Waals surface area contributed by atoms with Crippen LogP contribution in [-0.2, 0) is 27.4 Å². The Morgan fingerprint density at radius 2 is 1.89 bits per heavy atom. The average Bonchev–Trinajstić information content (AvgIpc) is 2.80. The molecule has 0 aromatic heterocycles. The lowest BCUT2D eigenvalue weighted by atomic mass is 9.57. The van der Waals surface area contributed by atoms with Crippen molar-refractivity contribution in [2.45, 2.75) is 31.0 Å². The molecule has 12 heteroatoms. The zero-order valence-electron chi connectivity index (χ0n) is 20.3. The van der Waals surface area contributed by atoms with Crippen LogP contribution in [0.2, 0.25) is 0 Å². The first kappa shape index (κ1) is 25.5. The fourth-order valence-electron chi connectivity index (χ4n) is 5.92. The Bertz CT molecular complexity index is 1250. The fourth-order valence-corrected chi connectivity index (χ4v) is 5.92. The maximum absolute atomic E-state index is 13.7. The summed E-state index contributed by atoms with van der Waals surface area (Å²) in [6.45, 7) is 0.303. The number of carbonyl (C=O) groups is 3. The van der Waals surface area contributed by atoms with Gasteiger partial charge in [0.25, 0.3) is 5.91 Å². The van der Waals surface area contributed by atoms with E-state index in [1.165, 1.54) is 23.1 Å². The van der Waals surface area contributed by atoms with Crippen LogP contribution in [0.5, 0.6) is 5.75 Å². The van der Waals surface area contributed by atoms with Gasteiger partial charge in [-0.2, -0.15) is 5.06 Å².